The molecule has 5 heteroatoms. The number of likely N-dealkylation sites (tertiary alicyclic amines) is 1. The van der Waals surface area contributed by atoms with E-state index in [2.05, 4.69) is 5.32 Å². The molecular formula is C13H24N2O3. The highest BCUT2D eigenvalue weighted by molar-refractivity contribution is 5.82. The van der Waals surface area contributed by atoms with Crippen LogP contribution in [0.15, 0.2) is 0 Å². The second kappa shape index (κ2) is 7.95. The Hall–Kier alpha value is -1.26. The average Bonchev–Trinajstić information content (AvgIpc) is 2.27. The third kappa shape index (κ3) is 4.94. The summed E-state index contributed by atoms with van der Waals surface area (Å²) in [4.78, 5) is 24.8. The maximum absolute atomic E-state index is 12.0. The Balaban J connectivity index is 2.47. The summed E-state index contributed by atoms with van der Waals surface area (Å²) in [6, 6.07) is -0.981. The van der Waals surface area contributed by atoms with Crippen molar-refractivity contribution in [2.45, 2.75) is 57.9 Å². The molecule has 1 heterocycles. The smallest absolute Gasteiger partial charge is 0.326 e. The molecule has 104 valence electrons. The number of nitrogens with zero attached hydrogens (tertiary/aromatic N) is 1. The van der Waals surface area contributed by atoms with Gasteiger partial charge >= 0.3 is 12.0 Å². The van der Waals surface area contributed by atoms with Crippen LogP contribution in [-0.2, 0) is 4.79 Å². The van der Waals surface area contributed by atoms with Crippen molar-refractivity contribution in [2.75, 3.05) is 13.1 Å². The van der Waals surface area contributed by atoms with Gasteiger partial charge in [-0.3, -0.25) is 0 Å². The summed E-state index contributed by atoms with van der Waals surface area (Å²) in [5, 5.41) is 11.6. The first kappa shape index (κ1) is 14.8. The van der Waals surface area contributed by atoms with E-state index in [1.165, 1.54) is 6.42 Å². The second-order valence-corrected chi connectivity index (χ2v) is 4.88. The van der Waals surface area contributed by atoms with E-state index in [-0.39, 0.29) is 6.03 Å². The lowest BCUT2D eigenvalue weighted by Gasteiger charge is -2.26. The number of nitrogens with one attached hydrogen (secondary N) is 1. The number of amides is 2. The fraction of sp³-hybridized carbons (Fsp3) is 0.846. The van der Waals surface area contributed by atoms with Gasteiger partial charge in [0, 0.05) is 13.1 Å². The minimum Gasteiger partial charge on any atom is -0.480 e. The van der Waals surface area contributed by atoms with Crippen molar-refractivity contribution in [1.82, 2.24) is 10.2 Å². The van der Waals surface area contributed by atoms with E-state index in [0.717, 1.165) is 45.2 Å². The standard InChI is InChI=1S/C13H24N2O3/c1-2-8-11(12(16)17)14-13(18)15-9-6-4-3-5-7-10-15/h11H,2-10H2,1H3,(H,14,18)(H,16,17)/t11-/m1/s1. The van der Waals surface area contributed by atoms with E-state index < -0.39 is 12.0 Å². The normalized spacial score (nSPS) is 18.6. The number of urea groups is 1. The zero-order chi connectivity index (χ0) is 13.4. The molecule has 1 aliphatic heterocycles. The second-order valence-electron chi connectivity index (χ2n) is 4.88. The molecule has 0 aromatic heterocycles. The van der Waals surface area contributed by atoms with Crippen LogP contribution in [0.2, 0.25) is 0 Å². The summed E-state index contributed by atoms with van der Waals surface area (Å²) in [5.41, 5.74) is 0. The van der Waals surface area contributed by atoms with Crippen molar-refractivity contribution in [1.29, 1.82) is 0 Å². The number of carboxylic acids is 1. The Kier molecular flexibility index (Phi) is 6.54. The van der Waals surface area contributed by atoms with Gasteiger partial charge in [-0.25, -0.2) is 9.59 Å². The molecule has 0 spiro atoms. The third-order valence-electron chi connectivity index (χ3n) is 3.32. The summed E-state index contributed by atoms with van der Waals surface area (Å²) in [6.07, 6.45) is 6.80. The van der Waals surface area contributed by atoms with Gasteiger partial charge in [0.2, 0.25) is 0 Å². The first-order valence-electron chi connectivity index (χ1n) is 6.93. The van der Waals surface area contributed by atoms with Gasteiger partial charge in [0.15, 0.2) is 0 Å². The van der Waals surface area contributed by atoms with E-state index in [0.29, 0.717) is 6.42 Å². The van der Waals surface area contributed by atoms with Crippen LogP contribution in [0.1, 0.15) is 51.9 Å². The molecule has 0 radical (unpaired) electrons. The molecule has 1 aliphatic rings. The first-order valence-corrected chi connectivity index (χ1v) is 6.93. The predicted octanol–water partition coefficient (Wildman–Crippen LogP) is 2.22. The van der Waals surface area contributed by atoms with Gasteiger partial charge in [0.1, 0.15) is 6.04 Å². The Morgan fingerprint density at radius 2 is 1.72 bits per heavy atom. The summed E-state index contributed by atoms with van der Waals surface area (Å²) in [5.74, 6) is -0.947. The largest absolute Gasteiger partial charge is 0.480 e. The highest BCUT2D eigenvalue weighted by atomic mass is 16.4. The van der Waals surface area contributed by atoms with Gasteiger partial charge in [-0.05, 0) is 19.3 Å². The number of carbonyl (C=O) groups is 2. The van der Waals surface area contributed by atoms with Crippen LogP contribution in [-0.4, -0.2) is 41.1 Å². The van der Waals surface area contributed by atoms with E-state index in [9.17, 15) is 9.59 Å². The monoisotopic (exact) mass is 256 g/mol. The number of carbonyl (C=O) groups excluding carboxylic acids is 1. The summed E-state index contributed by atoms with van der Waals surface area (Å²) >= 11 is 0. The molecule has 2 amide bonds. The van der Waals surface area contributed by atoms with Gasteiger partial charge < -0.3 is 15.3 Å². The highest BCUT2D eigenvalue weighted by Gasteiger charge is 2.22. The van der Waals surface area contributed by atoms with Gasteiger partial charge in [-0.1, -0.05) is 32.6 Å². The van der Waals surface area contributed by atoms with E-state index in [1.54, 1.807) is 4.90 Å². The molecule has 0 aliphatic carbocycles. The third-order valence-corrected chi connectivity index (χ3v) is 3.32. The van der Waals surface area contributed by atoms with E-state index in [4.69, 9.17) is 5.11 Å². The molecule has 1 atom stereocenters. The van der Waals surface area contributed by atoms with Crippen molar-refractivity contribution in [3.05, 3.63) is 0 Å². The number of hydrogen-bond donors (Lipinski definition) is 2. The number of rotatable bonds is 4. The lowest BCUT2D eigenvalue weighted by molar-refractivity contribution is -0.139. The van der Waals surface area contributed by atoms with Crippen molar-refractivity contribution < 1.29 is 14.7 Å². The zero-order valence-corrected chi connectivity index (χ0v) is 11.2. The molecule has 0 aromatic carbocycles. The Labute approximate surface area is 109 Å². The van der Waals surface area contributed by atoms with Crippen molar-refractivity contribution in [2.24, 2.45) is 0 Å². The lowest BCUT2D eigenvalue weighted by Crippen LogP contribution is -2.48. The van der Waals surface area contributed by atoms with Gasteiger partial charge in [0.05, 0.1) is 0 Å². The van der Waals surface area contributed by atoms with Crippen LogP contribution >= 0.6 is 0 Å². The molecule has 1 rings (SSSR count). The van der Waals surface area contributed by atoms with Crippen LogP contribution in [0.4, 0.5) is 4.79 Å². The quantitative estimate of drug-likeness (QED) is 0.810. The highest BCUT2D eigenvalue weighted by Crippen LogP contribution is 2.11. The maximum Gasteiger partial charge on any atom is 0.326 e. The average molecular weight is 256 g/mol. The minimum absolute atomic E-state index is 0.224. The molecular weight excluding hydrogens is 232 g/mol. The Morgan fingerprint density at radius 1 is 1.17 bits per heavy atom. The Bertz CT molecular complexity index is 273. The number of aliphatic carboxylic acids is 1. The molecule has 0 aromatic rings. The molecule has 5 nitrogen and oxygen atoms in total. The van der Waals surface area contributed by atoms with Crippen molar-refractivity contribution in [3.8, 4) is 0 Å². The predicted molar refractivity (Wildman–Crippen MR) is 69.5 cm³/mol. The molecule has 2 N–H and O–H groups in total. The van der Waals surface area contributed by atoms with Gasteiger partial charge in [0.25, 0.3) is 0 Å². The van der Waals surface area contributed by atoms with Crippen LogP contribution in [0.3, 0.4) is 0 Å². The molecule has 0 saturated carbocycles. The van der Waals surface area contributed by atoms with Crippen molar-refractivity contribution >= 4 is 12.0 Å². The maximum atomic E-state index is 12.0. The molecule has 0 bridgehead atoms. The summed E-state index contributed by atoms with van der Waals surface area (Å²) in [6.45, 7) is 3.40. The van der Waals surface area contributed by atoms with Crippen LogP contribution < -0.4 is 5.32 Å². The fourth-order valence-electron chi connectivity index (χ4n) is 2.24. The van der Waals surface area contributed by atoms with Crippen LogP contribution in [0, 0.1) is 0 Å². The van der Waals surface area contributed by atoms with E-state index in [1.807, 2.05) is 6.92 Å². The van der Waals surface area contributed by atoms with Gasteiger partial charge in [-0.15, -0.1) is 0 Å². The minimum atomic E-state index is -0.947. The zero-order valence-electron chi connectivity index (χ0n) is 11.2. The number of hydrogen-bond acceptors (Lipinski definition) is 2. The molecule has 1 saturated heterocycles. The fourth-order valence-corrected chi connectivity index (χ4v) is 2.24. The number of carboxylic acid groups (broad SMARTS) is 1. The van der Waals surface area contributed by atoms with Gasteiger partial charge in [-0.2, -0.15) is 0 Å². The van der Waals surface area contributed by atoms with E-state index >= 15 is 0 Å². The lowest BCUT2D eigenvalue weighted by atomic mass is 10.1. The van der Waals surface area contributed by atoms with Crippen LogP contribution in [0.25, 0.3) is 0 Å². The molecule has 18 heavy (non-hydrogen) atoms. The van der Waals surface area contributed by atoms with Crippen LogP contribution in [0.5, 0.6) is 0 Å². The summed E-state index contributed by atoms with van der Waals surface area (Å²) < 4.78 is 0. The molecule has 0 unspecified atom stereocenters. The summed E-state index contributed by atoms with van der Waals surface area (Å²) in [7, 11) is 0. The topological polar surface area (TPSA) is 69.6 Å². The SMILES string of the molecule is CCC[C@@H](NC(=O)N1CCCCCCC1)C(=O)O. The first-order chi connectivity index (χ1) is 8.65. The molecule has 1 fully saturated rings. The Morgan fingerprint density at radius 3 is 2.22 bits per heavy atom. The van der Waals surface area contributed by atoms with Crippen molar-refractivity contribution in [3.63, 3.8) is 0 Å².